The van der Waals surface area contributed by atoms with Gasteiger partial charge < -0.3 is 11.1 Å². The average molecular weight is 253 g/mol. The van der Waals surface area contributed by atoms with Crippen LogP contribution in [0.1, 0.15) is 43.3 Å². The number of hydrogen-bond donors (Lipinski definition) is 2. The minimum Gasteiger partial charge on any atom is -0.343 e. The Hall–Kier alpha value is -0.940. The van der Waals surface area contributed by atoms with Gasteiger partial charge in [0.05, 0.1) is 11.6 Å². The Kier molecular flexibility index (Phi) is 3.49. The SMILES string of the molecule is Cc1csc(C2(NC(=O)C(C)N)CCCC2)n1. The van der Waals surface area contributed by atoms with Crippen LogP contribution in [0.2, 0.25) is 0 Å². The van der Waals surface area contributed by atoms with E-state index in [1.165, 1.54) is 0 Å². The molecule has 1 aliphatic rings. The van der Waals surface area contributed by atoms with Crippen LogP contribution in [0.4, 0.5) is 0 Å². The molecule has 1 unspecified atom stereocenters. The van der Waals surface area contributed by atoms with Crippen LogP contribution < -0.4 is 11.1 Å². The van der Waals surface area contributed by atoms with Crippen LogP contribution in [0.5, 0.6) is 0 Å². The molecule has 1 aliphatic carbocycles. The normalized spacial score (nSPS) is 20.2. The topological polar surface area (TPSA) is 68.0 Å². The molecule has 0 bridgehead atoms. The van der Waals surface area contributed by atoms with Crippen molar-refractivity contribution >= 4 is 17.2 Å². The number of carbonyl (C=O) groups is 1. The summed E-state index contributed by atoms with van der Waals surface area (Å²) in [5.74, 6) is -0.0836. The monoisotopic (exact) mass is 253 g/mol. The summed E-state index contributed by atoms with van der Waals surface area (Å²) >= 11 is 1.63. The van der Waals surface area contributed by atoms with Crippen LogP contribution in [-0.2, 0) is 10.3 Å². The van der Waals surface area contributed by atoms with Gasteiger partial charge >= 0.3 is 0 Å². The zero-order valence-electron chi connectivity index (χ0n) is 10.3. The van der Waals surface area contributed by atoms with Crippen molar-refractivity contribution in [3.05, 3.63) is 16.1 Å². The Bertz CT molecular complexity index is 408. The second kappa shape index (κ2) is 4.74. The number of rotatable bonds is 3. The molecule has 1 amide bonds. The summed E-state index contributed by atoms with van der Waals surface area (Å²) in [6.07, 6.45) is 4.21. The number of nitrogens with two attached hydrogens (primary N) is 1. The maximum absolute atomic E-state index is 11.8. The van der Waals surface area contributed by atoms with E-state index < -0.39 is 6.04 Å². The molecule has 1 aromatic heterocycles. The Balaban J connectivity index is 2.24. The van der Waals surface area contributed by atoms with Gasteiger partial charge in [0, 0.05) is 11.1 Å². The zero-order chi connectivity index (χ0) is 12.5. The van der Waals surface area contributed by atoms with Crippen molar-refractivity contribution in [1.29, 1.82) is 0 Å². The van der Waals surface area contributed by atoms with Gasteiger partial charge in [-0.15, -0.1) is 11.3 Å². The molecule has 1 saturated carbocycles. The lowest BCUT2D eigenvalue weighted by molar-refractivity contribution is -0.124. The number of aryl methyl sites for hydroxylation is 1. The van der Waals surface area contributed by atoms with E-state index in [1.54, 1.807) is 18.3 Å². The summed E-state index contributed by atoms with van der Waals surface area (Å²) in [4.78, 5) is 16.4. The summed E-state index contributed by atoms with van der Waals surface area (Å²) in [6.45, 7) is 3.70. The Morgan fingerprint density at radius 3 is 2.71 bits per heavy atom. The number of nitrogens with zero attached hydrogens (tertiary/aromatic N) is 1. The first-order chi connectivity index (χ1) is 8.03. The smallest absolute Gasteiger partial charge is 0.237 e. The maximum Gasteiger partial charge on any atom is 0.237 e. The number of hydrogen-bond acceptors (Lipinski definition) is 4. The summed E-state index contributed by atoms with van der Waals surface area (Å²) < 4.78 is 0. The van der Waals surface area contributed by atoms with E-state index in [1.807, 2.05) is 12.3 Å². The third-order valence-electron chi connectivity index (χ3n) is 3.26. The number of nitrogens with one attached hydrogen (secondary N) is 1. The van der Waals surface area contributed by atoms with Crippen molar-refractivity contribution in [1.82, 2.24) is 10.3 Å². The largest absolute Gasteiger partial charge is 0.343 e. The lowest BCUT2D eigenvalue weighted by atomic mass is 9.98. The standard InChI is InChI=1S/C12H19N3OS/c1-8-7-17-11(14-8)12(5-3-4-6-12)15-10(16)9(2)13/h7,9H,3-6,13H2,1-2H3,(H,15,16). The summed E-state index contributed by atoms with van der Waals surface area (Å²) in [7, 11) is 0. The summed E-state index contributed by atoms with van der Waals surface area (Å²) in [5, 5.41) is 6.17. The number of amides is 1. The van der Waals surface area contributed by atoms with Crippen molar-refractivity contribution in [2.24, 2.45) is 5.73 Å². The van der Waals surface area contributed by atoms with Crippen molar-refractivity contribution < 1.29 is 4.79 Å². The molecular formula is C12H19N3OS. The molecule has 94 valence electrons. The fraction of sp³-hybridized carbons (Fsp3) is 0.667. The second-order valence-electron chi connectivity index (χ2n) is 4.86. The van der Waals surface area contributed by atoms with Gasteiger partial charge in [-0.1, -0.05) is 12.8 Å². The van der Waals surface area contributed by atoms with Crippen molar-refractivity contribution in [2.75, 3.05) is 0 Å². The van der Waals surface area contributed by atoms with Crippen LogP contribution >= 0.6 is 11.3 Å². The molecule has 4 nitrogen and oxygen atoms in total. The van der Waals surface area contributed by atoms with Crippen LogP contribution in [-0.4, -0.2) is 16.9 Å². The van der Waals surface area contributed by atoms with Gasteiger partial charge in [0.1, 0.15) is 5.01 Å². The Morgan fingerprint density at radius 1 is 1.59 bits per heavy atom. The molecule has 5 heteroatoms. The molecule has 0 aromatic carbocycles. The third-order valence-corrected chi connectivity index (χ3v) is 4.43. The summed E-state index contributed by atoms with van der Waals surface area (Å²) in [5.41, 5.74) is 6.39. The highest BCUT2D eigenvalue weighted by Gasteiger charge is 2.39. The molecule has 3 N–H and O–H groups in total. The molecule has 1 heterocycles. The number of aromatic nitrogens is 1. The fourth-order valence-electron chi connectivity index (χ4n) is 2.29. The highest BCUT2D eigenvalue weighted by atomic mass is 32.1. The molecule has 2 rings (SSSR count). The van der Waals surface area contributed by atoms with Gasteiger partial charge in [0.2, 0.25) is 5.91 Å². The van der Waals surface area contributed by atoms with Crippen LogP contribution in [0.3, 0.4) is 0 Å². The third kappa shape index (κ3) is 2.50. The second-order valence-corrected chi connectivity index (χ2v) is 5.72. The highest BCUT2D eigenvalue weighted by molar-refractivity contribution is 7.09. The van der Waals surface area contributed by atoms with Crippen LogP contribution in [0.15, 0.2) is 5.38 Å². The van der Waals surface area contributed by atoms with Crippen molar-refractivity contribution in [2.45, 2.75) is 51.1 Å². The van der Waals surface area contributed by atoms with E-state index in [0.29, 0.717) is 0 Å². The molecule has 0 radical (unpaired) electrons. The van der Waals surface area contributed by atoms with Crippen LogP contribution in [0, 0.1) is 6.92 Å². The average Bonchev–Trinajstić information content (AvgIpc) is 2.87. The quantitative estimate of drug-likeness (QED) is 0.861. The van der Waals surface area contributed by atoms with Gasteiger partial charge in [0.25, 0.3) is 0 Å². The zero-order valence-corrected chi connectivity index (χ0v) is 11.1. The molecule has 0 saturated heterocycles. The Morgan fingerprint density at radius 2 is 2.24 bits per heavy atom. The number of thiazole rings is 1. The van der Waals surface area contributed by atoms with Gasteiger partial charge in [-0.05, 0) is 26.7 Å². The summed E-state index contributed by atoms with van der Waals surface area (Å²) in [6, 6.07) is -0.464. The lowest BCUT2D eigenvalue weighted by Gasteiger charge is -2.29. The van der Waals surface area contributed by atoms with Gasteiger partial charge in [-0.3, -0.25) is 4.79 Å². The highest BCUT2D eigenvalue weighted by Crippen LogP contribution is 2.40. The van der Waals surface area contributed by atoms with Gasteiger partial charge in [0.15, 0.2) is 0 Å². The van der Waals surface area contributed by atoms with Gasteiger partial charge in [-0.25, -0.2) is 4.98 Å². The first-order valence-corrected chi connectivity index (χ1v) is 6.92. The van der Waals surface area contributed by atoms with Gasteiger partial charge in [-0.2, -0.15) is 0 Å². The van der Waals surface area contributed by atoms with Crippen molar-refractivity contribution in [3.63, 3.8) is 0 Å². The molecule has 0 spiro atoms. The first-order valence-electron chi connectivity index (χ1n) is 6.04. The molecule has 0 aliphatic heterocycles. The minimum absolute atomic E-state index is 0.0836. The lowest BCUT2D eigenvalue weighted by Crippen LogP contribution is -2.49. The van der Waals surface area contributed by atoms with E-state index in [4.69, 9.17) is 5.73 Å². The molecule has 1 fully saturated rings. The maximum atomic E-state index is 11.8. The van der Waals surface area contributed by atoms with E-state index in [-0.39, 0.29) is 11.4 Å². The van der Waals surface area contributed by atoms with E-state index in [2.05, 4.69) is 10.3 Å². The number of carbonyl (C=O) groups excluding carboxylic acids is 1. The van der Waals surface area contributed by atoms with Crippen LogP contribution in [0.25, 0.3) is 0 Å². The van der Waals surface area contributed by atoms with E-state index in [0.717, 1.165) is 36.4 Å². The van der Waals surface area contributed by atoms with E-state index in [9.17, 15) is 4.79 Å². The molecule has 17 heavy (non-hydrogen) atoms. The predicted molar refractivity (Wildman–Crippen MR) is 68.8 cm³/mol. The molecular weight excluding hydrogens is 234 g/mol. The van der Waals surface area contributed by atoms with E-state index >= 15 is 0 Å². The minimum atomic E-state index is -0.464. The molecule has 1 atom stereocenters. The first kappa shape index (κ1) is 12.5. The Labute approximate surface area is 106 Å². The van der Waals surface area contributed by atoms with Crippen molar-refractivity contribution in [3.8, 4) is 0 Å². The molecule has 1 aromatic rings. The fourth-order valence-corrected chi connectivity index (χ4v) is 3.31. The predicted octanol–water partition coefficient (Wildman–Crippen LogP) is 1.68.